The van der Waals surface area contributed by atoms with E-state index in [1.807, 2.05) is 40.7 Å². The molecule has 2 aliphatic rings. The summed E-state index contributed by atoms with van der Waals surface area (Å²) in [5.74, 6) is -1.74. The summed E-state index contributed by atoms with van der Waals surface area (Å²) in [6.07, 6.45) is 5.67. The summed E-state index contributed by atoms with van der Waals surface area (Å²) < 4.78 is 5.40. The molecule has 2 rings (SSSR count). The van der Waals surface area contributed by atoms with Gasteiger partial charge in [-0.3, -0.25) is 14.4 Å². The van der Waals surface area contributed by atoms with Gasteiger partial charge in [0.2, 0.25) is 5.78 Å². The SMILES string of the molecule is CC1=C2C[C@@H](C)C[C@H](C)[C@H](O)[C@@H](C)/C=C(\C)[C@H](OC(N)=O)[C@@H](C)/C=C\C=C(/C)C(=O)NC(=C(C)C1=O)C2=O. The quantitative estimate of drug-likeness (QED) is 0.341. The number of ether oxygens (including phenoxy) is 1. The van der Waals surface area contributed by atoms with Gasteiger partial charge in [-0.05, 0) is 57.9 Å². The van der Waals surface area contributed by atoms with Gasteiger partial charge in [0.25, 0.3) is 5.91 Å². The number of carbonyl (C=O) groups is 4. The number of ketones is 2. The van der Waals surface area contributed by atoms with Crippen molar-refractivity contribution in [3.8, 4) is 0 Å². The van der Waals surface area contributed by atoms with Crippen LogP contribution in [-0.2, 0) is 19.1 Å². The van der Waals surface area contributed by atoms with Gasteiger partial charge in [-0.25, -0.2) is 4.79 Å². The van der Waals surface area contributed by atoms with E-state index in [2.05, 4.69) is 5.32 Å². The van der Waals surface area contributed by atoms with Crippen molar-refractivity contribution in [1.82, 2.24) is 5.32 Å². The van der Waals surface area contributed by atoms with Gasteiger partial charge >= 0.3 is 6.09 Å². The third-order valence-electron chi connectivity index (χ3n) is 7.51. The van der Waals surface area contributed by atoms with Crippen LogP contribution in [0.15, 0.2) is 57.9 Å². The first-order valence-corrected chi connectivity index (χ1v) is 13.1. The Kier molecular flexibility index (Phi) is 10.6. The zero-order chi connectivity index (χ0) is 28.9. The molecule has 0 fully saturated rings. The van der Waals surface area contributed by atoms with E-state index in [-0.39, 0.29) is 46.5 Å². The minimum Gasteiger partial charge on any atom is -0.441 e. The lowest BCUT2D eigenvalue weighted by Crippen LogP contribution is -2.35. The molecular formula is C30H42N2O6. The van der Waals surface area contributed by atoms with Crippen molar-refractivity contribution in [1.29, 1.82) is 0 Å². The van der Waals surface area contributed by atoms with Gasteiger partial charge in [-0.2, -0.15) is 0 Å². The summed E-state index contributed by atoms with van der Waals surface area (Å²) in [7, 11) is 0. The number of aliphatic hydroxyl groups excluding tert-OH is 1. The maximum Gasteiger partial charge on any atom is 0.405 e. The lowest BCUT2D eigenvalue weighted by atomic mass is 9.80. The monoisotopic (exact) mass is 526 g/mol. The average molecular weight is 527 g/mol. The number of amides is 2. The molecule has 0 aromatic rings. The van der Waals surface area contributed by atoms with E-state index < -0.39 is 24.2 Å². The highest BCUT2D eigenvalue weighted by molar-refractivity contribution is 6.25. The number of fused-ring (bicyclic) bond motifs is 2. The molecule has 0 saturated carbocycles. The Balaban J connectivity index is 2.55. The molecule has 1 heterocycles. The molecule has 0 radical (unpaired) electrons. The first-order chi connectivity index (χ1) is 17.6. The molecule has 208 valence electrons. The molecule has 0 saturated heterocycles. The maximum atomic E-state index is 13.4. The number of nitrogens with two attached hydrogens (primary N) is 1. The summed E-state index contributed by atoms with van der Waals surface area (Å²) in [5, 5.41) is 13.7. The van der Waals surface area contributed by atoms with Gasteiger partial charge in [0, 0.05) is 34.1 Å². The third-order valence-corrected chi connectivity index (χ3v) is 7.51. The Morgan fingerprint density at radius 1 is 1.00 bits per heavy atom. The van der Waals surface area contributed by atoms with Crippen LogP contribution in [0.1, 0.15) is 68.2 Å². The van der Waals surface area contributed by atoms with E-state index in [1.165, 1.54) is 0 Å². The van der Waals surface area contributed by atoms with E-state index in [9.17, 15) is 24.3 Å². The minimum atomic E-state index is -0.901. The van der Waals surface area contributed by atoms with Crippen molar-refractivity contribution in [3.05, 3.63) is 57.9 Å². The van der Waals surface area contributed by atoms with E-state index in [4.69, 9.17) is 10.5 Å². The number of allylic oxidation sites excluding steroid dienone is 5. The lowest BCUT2D eigenvalue weighted by Gasteiger charge is -2.28. The van der Waals surface area contributed by atoms with Crippen LogP contribution < -0.4 is 11.1 Å². The molecular weight excluding hydrogens is 484 g/mol. The van der Waals surface area contributed by atoms with Crippen molar-refractivity contribution in [3.63, 3.8) is 0 Å². The molecule has 0 aromatic heterocycles. The standard InChI is InChI=1S/C30H42N2O6/c1-15-12-18(4)25(33)19(5)14-20(6)28(38-30(31)37)16(2)10-9-11-17(3)29(36)32-24-22(8)26(34)21(7)23(13-15)27(24)35/h9-11,14-16,18-19,25,28,33H,12-13H2,1-8H3,(H2,31,37)(H,32,36)/b10-9-,17-11+,20-14+/t15-,16-,18-,19-,25-,28+/m0/s1. The molecule has 38 heavy (non-hydrogen) atoms. The molecule has 0 aromatic carbocycles. The van der Waals surface area contributed by atoms with E-state index >= 15 is 0 Å². The second-order valence-electron chi connectivity index (χ2n) is 10.9. The Labute approximate surface area is 225 Å². The Bertz CT molecular complexity index is 1140. The first kappa shape index (κ1) is 31.0. The summed E-state index contributed by atoms with van der Waals surface area (Å²) in [6, 6.07) is 0. The van der Waals surface area contributed by atoms with Crippen molar-refractivity contribution in [2.45, 2.75) is 80.4 Å². The van der Waals surface area contributed by atoms with E-state index in [0.717, 1.165) is 5.57 Å². The normalized spacial score (nSPS) is 34.2. The Morgan fingerprint density at radius 3 is 2.24 bits per heavy atom. The molecule has 0 unspecified atom stereocenters. The fraction of sp³-hybridized carbons (Fsp3) is 0.533. The van der Waals surface area contributed by atoms with Crippen LogP contribution in [0, 0.1) is 23.7 Å². The smallest absolute Gasteiger partial charge is 0.405 e. The van der Waals surface area contributed by atoms with Crippen LogP contribution in [-0.4, -0.2) is 40.9 Å². The number of nitrogens with one attached hydrogen (secondary N) is 1. The maximum absolute atomic E-state index is 13.4. The van der Waals surface area contributed by atoms with Crippen LogP contribution in [0.25, 0.3) is 0 Å². The van der Waals surface area contributed by atoms with Crippen LogP contribution in [0.4, 0.5) is 4.79 Å². The van der Waals surface area contributed by atoms with Gasteiger partial charge in [0.15, 0.2) is 5.78 Å². The van der Waals surface area contributed by atoms with Crippen LogP contribution in [0.2, 0.25) is 0 Å². The molecule has 1 aliphatic carbocycles. The van der Waals surface area contributed by atoms with Crippen molar-refractivity contribution in [2.75, 3.05) is 0 Å². The molecule has 0 spiro atoms. The molecule has 6 atom stereocenters. The summed E-state index contributed by atoms with van der Waals surface area (Å²) >= 11 is 0. The molecule has 4 N–H and O–H groups in total. The van der Waals surface area contributed by atoms with Gasteiger partial charge in [-0.1, -0.05) is 52.0 Å². The predicted octanol–water partition coefficient (Wildman–Crippen LogP) is 4.46. The van der Waals surface area contributed by atoms with Crippen molar-refractivity contribution < 1.29 is 29.0 Å². The van der Waals surface area contributed by atoms with Gasteiger partial charge in [0.1, 0.15) is 6.10 Å². The summed E-state index contributed by atoms with van der Waals surface area (Å²) in [6.45, 7) is 14.3. The first-order valence-electron chi connectivity index (χ1n) is 13.1. The molecule has 8 heteroatoms. The second-order valence-corrected chi connectivity index (χ2v) is 10.9. The van der Waals surface area contributed by atoms with E-state index in [1.54, 1.807) is 39.0 Å². The Hall–Kier alpha value is -3.26. The average Bonchev–Trinajstić information content (AvgIpc) is 2.84. The Morgan fingerprint density at radius 2 is 1.63 bits per heavy atom. The van der Waals surface area contributed by atoms with Crippen LogP contribution in [0.5, 0.6) is 0 Å². The molecule has 1 aliphatic heterocycles. The number of aliphatic hydroxyl groups is 1. The van der Waals surface area contributed by atoms with Crippen molar-refractivity contribution in [2.24, 2.45) is 29.4 Å². The molecule has 2 amide bonds. The number of Topliss-reactive ketones (excluding diaryl/α,β-unsaturated/α-hetero) is 2. The van der Waals surface area contributed by atoms with Crippen molar-refractivity contribution >= 4 is 23.6 Å². The van der Waals surface area contributed by atoms with Crippen LogP contribution >= 0.6 is 0 Å². The molecule has 2 bridgehead atoms. The highest BCUT2D eigenvalue weighted by Crippen LogP contribution is 2.32. The largest absolute Gasteiger partial charge is 0.441 e. The van der Waals surface area contributed by atoms with Gasteiger partial charge < -0.3 is 20.9 Å². The number of hydrogen-bond donors (Lipinski definition) is 3. The lowest BCUT2D eigenvalue weighted by molar-refractivity contribution is -0.120. The van der Waals surface area contributed by atoms with Gasteiger partial charge in [0.05, 0.1) is 11.8 Å². The highest BCUT2D eigenvalue weighted by Gasteiger charge is 2.33. The fourth-order valence-corrected chi connectivity index (χ4v) is 5.26. The number of hydrogen-bond acceptors (Lipinski definition) is 6. The topological polar surface area (TPSA) is 136 Å². The molecule has 8 nitrogen and oxygen atoms in total. The number of rotatable bonds is 1. The summed E-state index contributed by atoms with van der Waals surface area (Å²) in [5.41, 5.74) is 7.43. The highest BCUT2D eigenvalue weighted by atomic mass is 16.6. The zero-order valence-corrected chi connectivity index (χ0v) is 23.8. The minimum absolute atomic E-state index is 0.00661. The van der Waals surface area contributed by atoms with Crippen LogP contribution in [0.3, 0.4) is 0 Å². The zero-order valence-electron chi connectivity index (χ0n) is 23.8. The van der Waals surface area contributed by atoms with E-state index in [0.29, 0.717) is 29.6 Å². The number of carbonyl (C=O) groups excluding carboxylic acids is 4. The predicted molar refractivity (Wildman–Crippen MR) is 147 cm³/mol. The second kappa shape index (κ2) is 13.0. The number of primary amides is 1. The fourth-order valence-electron chi connectivity index (χ4n) is 5.26. The third kappa shape index (κ3) is 7.40. The summed E-state index contributed by atoms with van der Waals surface area (Å²) in [4.78, 5) is 50.9. The van der Waals surface area contributed by atoms with Gasteiger partial charge in [-0.15, -0.1) is 0 Å².